The average molecular weight is 530 g/mol. The molecule has 4 heteroatoms. The molecule has 0 aliphatic heterocycles. The predicted octanol–water partition coefficient (Wildman–Crippen LogP) is 9.79. The highest BCUT2D eigenvalue weighted by Gasteiger charge is 2.18. The molecule has 0 atom stereocenters. The summed E-state index contributed by atoms with van der Waals surface area (Å²) >= 11 is 1.69. The van der Waals surface area contributed by atoms with E-state index in [0.29, 0.717) is 5.95 Å². The van der Waals surface area contributed by atoms with Crippen LogP contribution in [-0.4, -0.2) is 14.5 Å². The van der Waals surface area contributed by atoms with Crippen molar-refractivity contribution in [1.29, 1.82) is 0 Å². The first-order chi connectivity index (χ1) is 19.8. The van der Waals surface area contributed by atoms with Crippen LogP contribution in [0.4, 0.5) is 0 Å². The smallest absolute Gasteiger partial charge is 0.235 e. The number of benzene rings is 5. The minimum Gasteiger partial charge on any atom is -0.278 e. The van der Waals surface area contributed by atoms with Crippen LogP contribution < -0.4 is 0 Å². The van der Waals surface area contributed by atoms with E-state index >= 15 is 0 Å². The maximum Gasteiger partial charge on any atom is 0.235 e. The summed E-state index contributed by atoms with van der Waals surface area (Å²) < 4.78 is 3.29. The molecule has 0 fully saturated rings. The van der Waals surface area contributed by atoms with E-state index in [9.17, 15) is 0 Å². The molecule has 0 amide bonds. The van der Waals surface area contributed by atoms with Crippen LogP contribution in [0.3, 0.4) is 0 Å². The summed E-state index contributed by atoms with van der Waals surface area (Å²) in [4.78, 5) is 10.4. The molecule has 188 valence electrons. The van der Waals surface area contributed by atoms with Crippen molar-refractivity contribution < 1.29 is 0 Å². The van der Waals surface area contributed by atoms with Gasteiger partial charge in [0.25, 0.3) is 0 Å². The molecular weight excluding hydrogens is 506 g/mol. The average Bonchev–Trinajstić information content (AvgIpc) is 3.64. The van der Waals surface area contributed by atoms with Crippen LogP contribution in [-0.2, 0) is 0 Å². The van der Waals surface area contributed by atoms with Gasteiger partial charge in [-0.15, -0.1) is 11.3 Å². The molecule has 8 aromatic rings. The Labute approximate surface area is 235 Å². The summed E-state index contributed by atoms with van der Waals surface area (Å²) in [6, 6.07) is 47.0. The molecule has 3 nitrogen and oxygen atoms in total. The fourth-order valence-corrected chi connectivity index (χ4v) is 6.49. The highest BCUT2D eigenvalue weighted by atomic mass is 32.1. The minimum absolute atomic E-state index is 0.685. The minimum atomic E-state index is 0.685. The Morgan fingerprint density at radius 3 is 1.60 bits per heavy atom. The Hall–Kier alpha value is -5.06. The predicted molar refractivity (Wildman–Crippen MR) is 168 cm³/mol. The number of hydrogen-bond acceptors (Lipinski definition) is 3. The van der Waals surface area contributed by atoms with E-state index in [0.717, 1.165) is 32.5 Å². The van der Waals surface area contributed by atoms with Gasteiger partial charge in [0.15, 0.2) is 0 Å². The van der Waals surface area contributed by atoms with E-state index < -0.39 is 0 Å². The number of thiophene rings is 1. The maximum atomic E-state index is 5.32. The molecule has 0 bridgehead atoms. The second kappa shape index (κ2) is 9.30. The molecular formula is C36H23N3S. The monoisotopic (exact) mass is 529 g/mol. The Balaban J connectivity index is 1.42. The Morgan fingerprint density at radius 1 is 0.475 bits per heavy atom. The largest absolute Gasteiger partial charge is 0.278 e. The summed E-state index contributed by atoms with van der Waals surface area (Å²) in [6.45, 7) is 0. The number of rotatable bonds is 4. The first-order valence-electron chi connectivity index (χ1n) is 13.3. The van der Waals surface area contributed by atoms with E-state index in [1.807, 2.05) is 0 Å². The van der Waals surface area contributed by atoms with E-state index in [1.54, 1.807) is 11.3 Å². The fraction of sp³-hybridized carbons (Fsp3) is 0. The molecule has 5 aromatic carbocycles. The van der Waals surface area contributed by atoms with Crippen molar-refractivity contribution in [2.75, 3.05) is 0 Å². The van der Waals surface area contributed by atoms with Crippen molar-refractivity contribution in [3.8, 4) is 39.5 Å². The van der Waals surface area contributed by atoms with Crippen molar-refractivity contribution in [3.63, 3.8) is 0 Å². The Bertz CT molecular complexity index is 2050. The Morgan fingerprint density at radius 2 is 1.00 bits per heavy atom. The normalized spacial score (nSPS) is 11.5. The number of nitrogens with zero attached hydrogens (tertiary/aromatic N) is 3. The van der Waals surface area contributed by atoms with Gasteiger partial charge in [-0.05, 0) is 64.0 Å². The van der Waals surface area contributed by atoms with Gasteiger partial charge < -0.3 is 0 Å². The SMILES string of the molecule is c1ccc(-c2cc(-c3ccccc3)cc(-c3nc(-n4c5ccccc5c5ccccc54)nc4ccsc34)c2)cc1. The second-order valence-corrected chi connectivity index (χ2v) is 10.8. The fourth-order valence-electron chi connectivity index (χ4n) is 5.64. The molecule has 40 heavy (non-hydrogen) atoms. The molecule has 3 aromatic heterocycles. The van der Waals surface area contributed by atoms with Crippen LogP contribution in [0.25, 0.3) is 71.5 Å². The summed E-state index contributed by atoms with van der Waals surface area (Å²) in [5, 5.41) is 4.51. The number of hydrogen-bond donors (Lipinski definition) is 0. The van der Waals surface area contributed by atoms with Gasteiger partial charge >= 0.3 is 0 Å². The lowest BCUT2D eigenvalue weighted by Crippen LogP contribution is -2.02. The molecule has 0 saturated heterocycles. The third kappa shape index (κ3) is 3.73. The quantitative estimate of drug-likeness (QED) is 0.227. The summed E-state index contributed by atoms with van der Waals surface area (Å²) in [5.41, 5.74) is 9.89. The topological polar surface area (TPSA) is 30.7 Å². The van der Waals surface area contributed by atoms with E-state index in [4.69, 9.17) is 9.97 Å². The lowest BCUT2D eigenvalue weighted by atomic mass is 9.95. The first kappa shape index (κ1) is 22.9. The summed E-state index contributed by atoms with van der Waals surface area (Å²) in [5.74, 6) is 0.685. The summed E-state index contributed by atoms with van der Waals surface area (Å²) in [7, 11) is 0. The lowest BCUT2D eigenvalue weighted by molar-refractivity contribution is 1.02. The zero-order valence-corrected chi connectivity index (χ0v) is 22.3. The van der Waals surface area contributed by atoms with Crippen LogP contribution in [0.1, 0.15) is 0 Å². The van der Waals surface area contributed by atoms with Crippen LogP contribution >= 0.6 is 11.3 Å². The van der Waals surface area contributed by atoms with Gasteiger partial charge in [0, 0.05) is 16.3 Å². The molecule has 0 saturated carbocycles. The summed E-state index contributed by atoms with van der Waals surface area (Å²) in [6.07, 6.45) is 0. The molecule has 0 radical (unpaired) electrons. The van der Waals surface area contributed by atoms with E-state index in [2.05, 4.69) is 143 Å². The van der Waals surface area contributed by atoms with Gasteiger partial charge in [0.2, 0.25) is 5.95 Å². The van der Waals surface area contributed by atoms with Crippen molar-refractivity contribution in [1.82, 2.24) is 14.5 Å². The van der Waals surface area contributed by atoms with Crippen LogP contribution in [0.2, 0.25) is 0 Å². The zero-order chi connectivity index (χ0) is 26.5. The van der Waals surface area contributed by atoms with Gasteiger partial charge in [-0.3, -0.25) is 4.57 Å². The molecule has 8 rings (SSSR count). The van der Waals surface area contributed by atoms with Gasteiger partial charge in [0.05, 0.1) is 26.9 Å². The van der Waals surface area contributed by atoms with Gasteiger partial charge in [-0.1, -0.05) is 97.1 Å². The van der Waals surface area contributed by atoms with Crippen molar-refractivity contribution in [2.24, 2.45) is 0 Å². The molecule has 0 unspecified atom stereocenters. The number of fused-ring (bicyclic) bond motifs is 4. The Kier molecular flexibility index (Phi) is 5.32. The molecule has 0 N–H and O–H groups in total. The third-order valence-corrected chi connectivity index (χ3v) is 8.40. The third-order valence-electron chi connectivity index (χ3n) is 7.49. The lowest BCUT2D eigenvalue weighted by Gasteiger charge is -2.13. The standard InChI is InChI=1S/C36H23N3S/c1-3-11-24(12-4-1)26-21-27(25-13-5-2-6-14-25)23-28(22-26)34-35-31(19-20-40-35)37-36(38-34)39-32-17-9-7-15-29(32)30-16-8-10-18-33(30)39/h1-23H. The van der Waals surface area contributed by atoms with Gasteiger partial charge in [-0.2, -0.15) is 0 Å². The van der Waals surface area contributed by atoms with Gasteiger partial charge in [0.1, 0.15) is 0 Å². The van der Waals surface area contributed by atoms with Crippen LogP contribution in [0.15, 0.2) is 139 Å². The molecule has 3 heterocycles. The van der Waals surface area contributed by atoms with Crippen molar-refractivity contribution in [3.05, 3.63) is 139 Å². The molecule has 0 aliphatic carbocycles. The number of para-hydroxylation sites is 2. The molecule has 0 aliphatic rings. The van der Waals surface area contributed by atoms with Crippen molar-refractivity contribution >= 4 is 43.4 Å². The first-order valence-corrected chi connectivity index (χ1v) is 14.2. The van der Waals surface area contributed by atoms with E-state index in [-0.39, 0.29) is 0 Å². The maximum absolute atomic E-state index is 5.32. The van der Waals surface area contributed by atoms with Gasteiger partial charge in [-0.25, -0.2) is 9.97 Å². The van der Waals surface area contributed by atoms with Crippen molar-refractivity contribution in [2.45, 2.75) is 0 Å². The van der Waals surface area contributed by atoms with Crippen LogP contribution in [0.5, 0.6) is 0 Å². The highest BCUT2D eigenvalue weighted by molar-refractivity contribution is 7.17. The molecule has 0 spiro atoms. The second-order valence-electron chi connectivity index (χ2n) is 9.91. The highest BCUT2D eigenvalue weighted by Crippen LogP contribution is 2.38. The zero-order valence-electron chi connectivity index (χ0n) is 21.5. The van der Waals surface area contributed by atoms with Crippen LogP contribution in [0, 0.1) is 0 Å². The van der Waals surface area contributed by atoms with E-state index in [1.165, 1.54) is 33.0 Å². The number of aromatic nitrogens is 3.